The summed E-state index contributed by atoms with van der Waals surface area (Å²) in [6.07, 6.45) is 1.82. The zero-order chi connectivity index (χ0) is 21.1. The molecule has 152 valence electrons. The molecule has 0 radical (unpaired) electrons. The van der Waals surface area contributed by atoms with E-state index in [-0.39, 0.29) is 23.0 Å². The fourth-order valence-corrected chi connectivity index (χ4v) is 3.29. The number of phenols is 7. The summed E-state index contributed by atoms with van der Waals surface area (Å²) in [6, 6.07) is 9.96. The smallest absolute Gasteiger partial charge is 0.200 e. The first-order valence-corrected chi connectivity index (χ1v) is 9.02. The van der Waals surface area contributed by atoms with Crippen molar-refractivity contribution < 1.29 is 35.7 Å². The SMILES string of the molecule is Oc1cc(O)cc(CCc2cc(O)c(O)cc2CCc2cc(O)c(O)c(O)c2)c1. The maximum absolute atomic E-state index is 9.88. The van der Waals surface area contributed by atoms with Gasteiger partial charge in [0.25, 0.3) is 0 Å². The van der Waals surface area contributed by atoms with E-state index in [0.29, 0.717) is 31.2 Å². The maximum atomic E-state index is 9.88. The van der Waals surface area contributed by atoms with Crippen molar-refractivity contribution in [1.29, 1.82) is 0 Å². The lowest BCUT2D eigenvalue weighted by Gasteiger charge is -2.13. The Morgan fingerprint density at radius 2 is 0.828 bits per heavy atom. The Bertz CT molecular complexity index is 1000. The molecule has 0 saturated carbocycles. The van der Waals surface area contributed by atoms with E-state index in [9.17, 15) is 35.7 Å². The Hall–Kier alpha value is -3.74. The Morgan fingerprint density at radius 1 is 0.414 bits per heavy atom. The van der Waals surface area contributed by atoms with Crippen LogP contribution in [0.2, 0.25) is 0 Å². The molecule has 7 N–H and O–H groups in total. The quantitative estimate of drug-likeness (QED) is 0.316. The van der Waals surface area contributed by atoms with Gasteiger partial charge in [-0.05, 0) is 84.3 Å². The molecule has 7 heteroatoms. The summed E-state index contributed by atoms with van der Waals surface area (Å²) in [5, 5.41) is 67.7. The summed E-state index contributed by atoms with van der Waals surface area (Å²) >= 11 is 0. The van der Waals surface area contributed by atoms with Crippen LogP contribution in [0.1, 0.15) is 22.3 Å². The van der Waals surface area contributed by atoms with Crippen molar-refractivity contribution in [2.75, 3.05) is 0 Å². The minimum atomic E-state index is -0.578. The third kappa shape index (κ3) is 4.76. The minimum absolute atomic E-state index is 0.0410. The van der Waals surface area contributed by atoms with Crippen LogP contribution in [0.5, 0.6) is 40.2 Å². The fraction of sp³-hybridized carbons (Fsp3) is 0.182. The average molecular weight is 398 g/mol. The first-order chi connectivity index (χ1) is 13.7. The molecular weight excluding hydrogens is 376 g/mol. The van der Waals surface area contributed by atoms with Crippen LogP contribution in [-0.4, -0.2) is 35.7 Å². The highest BCUT2D eigenvalue weighted by molar-refractivity contribution is 5.51. The van der Waals surface area contributed by atoms with Gasteiger partial charge >= 0.3 is 0 Å². The van der Waals surface area contributed by atoms with Crippen LogP contribution in [0.15, 0.2) is 42.5 Å². The molecule has 0 atom stereocenters. The van der Waals surface area contributed by atoms with Crippen molar-refractivity contribution in [2.45, 2.75) is 25.7 Å². The number of phenolic OH excluding ortho intramolecular Hbond substituents is 7. The summed E-state index contributed by atoms with van der Waals surface area (Å²) in [7, 11) is 0. The van der Waals surface area contributed by atoms with Crippen LogP contribution >= 0.6 is 0 Å². The second-order valence-electron chi connectivity index (χ2n) is 6.95. The lowest BCUT2D eigenvalue weighted by Crippen LogP contribution is -2.00. The van der Waals surface area contributed by atoms with Gasteiger partial charge in [-0.2, -0.15) is 0 Å². The number of hydrogen-bond donors (Lipinski definition) is 7. The summed E-state index contributed by atoms with van der Waals surface area (Å²) in [5.41, 5.74) is 2.84. The van der Waals surface area contributed by atoms with E-state index < -0.39 is 17.2 Å². The van der Waals surface area contributed by atoms with Crippen molar-refractivity contribution in [2.24, 2.45) is 0 Å². The fourth-order valence-electron chi connectivity index (χ4n) is 3.29. The molecule has 7 nitrogen and oxygen atoms in total. The van der Waals surface area contributed by atoms with E-state index in [1.807, 2.05) is 0 Å². The van der Waals surface area contributed by atoms with Crippen LogP contribution in [0.25, 0.3) is 0 Å². The summed E-state index contributed by atoms with van der Waals surface area (Å²) in [4.78, 5) is 0. The highest BCUT2D eigenvalue weighted by atomic mass is 16.3. The largest absolute Gasteiger partial charge is 0.508 e. The van der Waals surface area contributed by atoms with Crippen LogP contribution in [0.4, 0.5) is 0 Å². The molecule has 0 spiro atoms. The Morgan fingerprint density at radius 3 is 1.28 bits per heavy atom. The standard InChI is InChI=1S/C22H22O7/c23-16-5-12(6-17(24)11-16)1-3-14-9-18(25)19(26)10-15(14)4-2-13-7-20(27)22(29)21(28)8-13/h5-11,23-29H,1-4H2. The number of benzene rings is 3. The van der Waals surface area contributed by atoms with Gasteiger partial charge in [0.1, 0.15) is 11.5 Å². The van der Waals surface area contributed by atoms with E-state index in [0.717, 1.165) is 16.7 Å². The molecule has 3 aromatic rings. The van der Waals surface area contributed by atoms with Crippen LogP contribution in [0, 0.1) is 0 Å². The van der Waals surface area contributed by atoms with E-state index in [2.05, 4.69) is 0 Å². The maximum Gasteiger partial charge on any atom is 0.200 e. The molecule has 0 aromatic heterocycles. The van der Waals surface area contributed by atoms with Crippen molar-refractivity contribution in [3.8, 4) is 40.2 Å². The first kappa shape index (κ1) is 20.0. The monoisotopic (exact) mass is 398 g/mol. The first-order valence-electron chi connectivity index (χ1n) is 9.02. The molecule has 0 aliphatic rings. The predicted molar refractivity (Wildman–Crippen MR) is 106 cm³/mol. The van der Waals surface area contributed by atoms with Crippen LogP contribution < -0.4 is 0 Å². The van der Waals surface area contributed by atoms with Crippen molar-refractivity contribution >= 4 is 0 Å². The topological polar surface area (TPSA) is 142 Å². The van der Waals surface area contributed by atoms with Gasteiger partial charge in [-0.3, -0.25) is 0 Å². The van der Waals surface area contributed by atoms with Crippen molar-refractivity contribution in [3.63, 3.8) is 0 Å². The summed E-state index contributed by atoms with van der Waals surface area (Å²) < 4.78 is 0. The van der Waals surface area contributed by atoms with Gasteiger partial charge in [0.15, 0.2) is 28.7 Å². The number of hydrogen-bond acceptors (Lipinski definition) is 7. The predicted octanol–water partition coefficient (Wildman–Crippen LogP) is 3.20. The van der Waals surface area contributed by atoms with Crippen molar-refractivity contribution in [1.82, 2.24) is 0 Å². The lowest BCUT2D eigenvalue weighted by atomic mass is 9.94. The Kier molecular flexibility index (Phi) is 5.59. The summed E-state index contributed by atoms with van der Waals surface area (Å²) in [5.74, 6) is -2.00. The molecule has 0 fully saturated rings. The van der Waals surface area contributed by atoms with Gasteiger partial charge in [-0.15, -0.1) is 0 Å². The Labute approximate surface area is 167 Å². The molecule has 3 aromatic carbocycles. The van der Waals surface area contributed by atoms with E-state index in [1.165, 1.54) is 30.3 Å². The summed E-state index contributed by atoms with van der Waals surface area (Å²) in [6.45, 7) is 0. The molecule has 0 unspecified atom stereocenters. The number of aryl methyl sites for hydroxylation is 4. The van der Waals surface area contributed by atoms with Gasteiger partial charge in [-0.25, -0.2) is 0 Å². The van der Waals surface area contributed by atoms with Gasteiger partial charge in [0.05, 0.1) is 0 Å². The number of rotatable bonds is 6. The van der Waals surface area contributed by atoms with Gasteiger partial charge in [0, 0.05) is 6.07 Å². The van der Waals surface area contributed by atoms with Gasteiger partial charge in [-0.1, -0.05) is 0 Å². The van der Waals surface area contributed by atoms with Gasteiger partial charge < -0.3 is 35.7 Å². The van der Waals surface area contributed by atoms with E-state index >= 15 is 0 Å². The zero-order valence-electron chi connectivity index (χ0n) is 15.5. The molecule has 0 heterocycles. The molecule has 3 rings (SSSR count). The molecule has 0 aliphatic carbocycles. The van der Waals surface area contributed by atoms with E-state index in [1.54, 1.807) is 12.1 Å². The molecule has 0 amide bonds. The number of aromatic hydroxyl groups is 7. The second kappa shape index (κ2) is 8.10. The average Bonchev–Trinajstić information content (AvgIpc) is 2.64. The van der Waals surface area contributed by atoms with Crippen molar-refractivity contribution in [3.05, 3.63) is 64.7 Å². The molecule has 0 aliphatic heterocycles. The highest BCUT2D eigenvalue weighted by Gasteiger charge is 2.12. The zero-order valence-corrected chi connectivity index (χ0v) is 15.5. The third-order valence-corrected chi connectivity index (χ3v) is 4.75. The normalized spacial score (nSPS) is 10.9. The molecule has 0 saturated heterocycles. The third-order valence-electron chi connectivity index (χ3n) is 4.75. The van der Waals surface area contributed by atoms with Gasteiger partial charge in [0.2, 0.25) is 0 Å². The van der Waals surface area contributed by atoms with E-state index in [4.69, 9.17) is 0 Å². The Balaban J connectivity index is 1.80. The van der Waals surface area contributed by atoms with Crippen LogP contribution in [-0.2, 0) is 25.7 Å². The molecule has 29 heavy (non-hydrogen) atoms. The molecule has 0 bridgehead atoms. The van der Waals surface area contributed by atoms with Crippen LogP contribution in [0.3, 0.4) is 0 Å². The minimum Gasteiger partial charge on any atom is -0.508 e. The molecular formula is C22H22O7. The highest BCUT2D eigenvalue weighted by Crippen LogP contribution is 2.36. The lowest BCUT2D eigenvalue weighted by molar-refractivity contribution is 0.367. The second-order valence-corrected chi connectivity index (χ2v) is 6.95.